The summed E-state index contributed by atoms with van der Waals surface area (Å²) in [5.74, 6) is 14.9. The first-order chi connectivity index (χ1) is 32.0. The molecule has 0 amide bonds. The quantitative estimate of drug-likeness (QED) is 0.212. The molecule has 601 valence electrons. The van der Waals surface area contributed by atoms with Crippen molar-refractivity contribution < 1.29 is 949 Å². The van der Waals surface area contributed by atoms with E-state index in [1.54, 1.807) is 0 Å². The molecule has 0 aromatic rings. The van der Waals surface area contributed by atoms with Crippen LogP contribution in [0.3, 0.4) is 0 Å². The molecule has 0 bridgehead atoms. The molecule has 29 radical (unpaired) electrons. The van der Waals surface area contributed by atoms with E-state index in [1.165, 1.54) is 12.8 Å². The zero-order valence-electron chi connectivity index (χ0n) is 86.4. The van der Waals surface area contributed by atoms with Crippen molar-refractivity contribution >= 4 is 0 Å². The molecule has 3 aliphatic carbocycles. The van der Waals surface area contributed by atoms with E-state index in [0.717, 1.165) is 94.7 Å². The van der Waals surface area contributed by atoms with Gasteiger partial charge in [0.2, 0.25) is 0 Å². The van der Waals surface area contributed by atoms with Gasteiger partial charge in [0, 0.05) is 949 Å². The molecule has 3 fully saturated rings. The monoisotopic (exact) mass is 3700 g/mol. The second-order valence-corrected chi connectivity index (χ2v) is 17.3. The average Bonchev–Trinajstić information content (AvgIpc) is 3.82. The summed E-state index contributed by atoms with van der Waals surface area (Å²) in [5.41, 5.74) is 0. The van der Waals surface area contributed by atoms with Gasteiger partial charge in [0.15, 0.2) is 0 Å². The van der Waals surface area contributed by atoms with E-state index >= 15 is 0 Å². The third-order valence-corrected chi connectivity index (χ3v) is 10.9. The molecule has 3 saturated carbocycles. The van der Waals surface area contributed by atoms with Gasteiger partial charge in [-0.15, -0.1) is 0 Å². The molecule has 0 saturated heterocycles. The van der Waals surface area contributed by atoms with Crippen LogP contribution in [-0.2, 0) is 949 Å². The second kappa shape index (κ2) is 377. The first kappa shape index (κ1) is 376. The molecule has 0 N–H and O–H groups in total. The summed E-state index contributed by atoms with van der Waals surface area (Å²) < 4.78 is 0. The minimum absolute atomic E-state index is 0. The largest absolute Gasteiger partial charge is 0.358 e. The van der Waals surface area contributed by atoms with Crippen LogP contribution in [0.5, 0.6) is 0 Å². The first-order valence-corrected chi connectivity index (χ1v) is 32.0. The molecule has 3 aliphatic rings. The van der Waals surface area contributed by atoms with Crippen LogP contribution in [0, 0.1) is 162 Å². The van der Waals surface area contributed by atoms with Crippen LogP contribution in [0.15, 0.2) is 0 Å². The van der Waals surface area contributed by atoms with Gasteiger partial charge in [0.05, 0.1) is 0 Å². The fourth-order valence-electron chi connectivity index (χ4n) is 6.50. The first-order valence-electron chi connectivity index (χ1n) is 32.0. The molecule has 0 nitrogen and oxygen atoms in total. The predicted octanol–water partition coefficient (Wildman–Crippen LogP) is 32.4. The summed E-state index contributed by atoms with van der Waals surface area (Å²) in [6.07, 6.45) is 2.89. The fourth-order valence-corrected chi connectivity index (χ4v) is 6.50. The number of rotatable bonds is 0. The van der Waals surface area contributed by atoms with E-state index in [2.05, 4.69) is 152 Å². The topological polar surface area (TPSA) is 0 Å². The van der Waals surface area contributed by atoms with E-state index in [0.29, 0.717) is 0 Å². The van der Waals surface area contributed by atoms with Crippen molar-refractivity contribution in [3.05, 3.63) is 66.8 Å². The van der Waals surface area contributed by atoms with Gasteiger partial charge in [-0.3, -0.25) is 0 Å². The SMILES string of the molecule is CC.CC.CC.CC.CC.CC.CC.CC.CC.CC.CC.CC.CC.CC.CC(C)C.CC(C)C.CC(C)C.CC1C(C)C(C)C(C)C1C.C[C@@H]1[C@H](C)[C@H](C)C[C@@H]1C.C[C@@H]1[C@H](C)[C@H](C)C[C@@H]1C.[CH3-].[CH3-].[CH3-].[CH3-].[CH3-].[CH3-].[CH3-].[CH3-].[CH3-].[Y].[Y].[Y].[Y].[Y].[Y].[Y].[Y].[Y].[Y].[Y].[Y].[Y].[Y].[Y].[Y].[Y].[Y].[Y].[Y].[Y].[Y].[Y].[Y].[Y].[Y].[Y].[Y].[Y]. The van der Waals surface area contributed by atoms with Gasteiger partial charge in [0.25, 0.3) is 0 Å². The van der Waals surface area contributed by atoms with E-state index in [1.807, 2.05) is 194 Å². The molecular weight excluding hydrogens is 3500 g/mol. The van der Waals surface area contributed by atoms with Gasteiger partial charge in [-0.25, -0.2) is 0 Å². The summed E-state index contributed by atoms with van der Waals surface area (Å²) in [7, 11) is 0. The Bertz CT molecular complexity index is 531. The molecule has 0 aromatic heterocycles. The van der Waals surface area contributed by atoms with Crippen molar-refractivity contribution in [2.24, 2.45) is 94.7 Å². The Morgan fingerprint density at radius 3 is 0.179 bits per heavy atom. The molecule has 8 atom stereocenters. The Balaban J connectivity index is -0.00000000493. The van der Waals surface area contributed by atoms with Gasteiger partial charge in [0.1, 0.15) is 0 Å². The summed E-state index contributed by atoms with van der Waals surface area (Å²) in [5, 5.41) is 0. The summed E-state index contributed by atoms with van der Waals surface area (Å²) >= 11 is 0. The Morgan fingerprint density at radius 1 is 0.123 bits per heavy atom. The van der Waals surface area contributed by atoms with Crippen molar-refractivity contribution in [1.82, 2.24) is 0 Å². The zero-order valence-corrected chi connectivity index (χ0v) is 169. The minimum Gasteiger partial charge on any atom is -0.358 e. The maximum Gasteiger partial charge on any atom is 0 e. The van der Waals surface area contributed by atoms with E-state index < -0.39 is 0 Å². The van der Waals surface area contributed by atoms with Crippen LogP contribution < -0.4 is 0 Å². The molecule has 106 heavy (non-hydrogen) atoms. The van der Waals surface area contributed by atoms with Crippen LogP contribution in [0.1, 0.15) is 359 Å². The Hall–Kier alpha value is 32.0. The van der Waals surface area contributed by atoms with Crippen molar-refractivity contribution in [3.8, 4) is 0 Å². The van der Waals surface area contributed by atoms with Crippen LogP contribution >= 0.6 is 0 Å². The third-order valence-electron chi connectivity index (χ3n) is 10.9. The van der Waals surface area contributed by atoms with Gasteiger partial charge in [-0.1, -0.05) is 346 Å². The molecule has 0 heterocycles. The average molecular weight is 3700 g/mol. The summed E-state index contributed by atoms with van der Waals surface area (Å²) in [6, 6.07) is 0. The second-order valence-electron chi connectivity index (χ2n) is 17.3. The smallest absolute Gasteiger partial charge is 0 e. The van der Waals surface area contributed by atoms with Crippen molar-refractivity contribution in [2.45, 2.75) is 359 Å². The minimum atomic E-state index is 0. The molecule has 3 rings (SSSR count). The Morgan fingerprint density at radius 2 is 0.160 bits per heavy atom. The number of hydrogen-bond donors (Lipinski definition) is 0. The van der Waals surface area contributed by atoms with Crippen molar-refractivity contribution in [2.75, 3.05) is 0 Å². The van der Waals surface area contributed by atoms with E-state index in [-0.39, 0.29) is 1020 Å². The fraction of sp³-hybridized carbons (Fsp3) is 0.883. The number of hydrogen-bond acceptors (Lipinski definition) is 0. The van der Waals surface area contributed by atoms with Crippen LogP contribution in [0.25, 0.3) is 0 Å². The molecule has 29 heteroatoms. The van der Waals surface area contributed by atoms with Crippen LogP contribution in [0.4, 0.5) is 0 Å². The van der Waals surface area contributed by atoms with Crippen molar-refractivity contribution in [3.63, 3.8) is 0 Å². The van der Waals surface area contributed by atoms with E-state index in [4.69, 9.17) is 0 Å². The predicted molar refractivity (Wildman–Crippen MR) is 407 cm³/mol. The zero-order chi connectivity index (χ0) is 60.7. The maximum absolute atomic E-state index is 2.40. The van der Waals surface area contributed by atoms with Gasteiger partial charge < -0.3 is 66.8 Å². The molecule has 0 aromatic carbocycles. The Kier molecular flexibility index (Phi) is 1340. The van der Waals surface area contributed by atoms with Gasteiger partial charge in [-0.2, -0.15) is 0 Å². The van der Waals surface area contributed by atoms with Crippen LogP contribution in [0.2, 0.25) is 0 Å². The molecule has 0 unspecified atom stereocenters. The summed E-state index contributed by atoms with van der Waals surface area (Å²) in [6.45, 7) is 107. The Labute approximate surface area is 1430 Å². The molecular formula is C77H197Y29-9. The molecule has 0 spiro atoms. The van der Waals surface area contributed by atoms with E-state index in [9.17, 15) is 0 Å². The van der Waals surface area contributed by atoms with Crippen molar-refractivity contribution in [1.29, 1.82) is 0 Å². The van der Waals surface area contributed by atoms with Gasteiger partial charge in [-0.05, 0) is 108 Å². The molecule has 0 aliphatic heterocycles. The van der Waals surface area contributed by atoms with Gasteiger partial charge >= 0.3 is 0 Å². The summed E-state index contributed by atoms with van der Waals surface area (Å²) in [4.78, 5) is 0. The van der Waals surface area contributed by atoms with Crippen LogP contribution in [-0.4, -0.2) is 0 Å². The third kappa shape index (κ3) is 351. The normalized spacial score (nSPS) is 15.9. The standard InChI is InChI=1S/C10H20.2C9H18.3C4H10.14C2H6.9CH3.29Y/c1-6-7(2)9(4)10(5)8(6)3;2*1-6-5-7(2)9(4)8(6)3;3*1-4(2)3;14*1-2;;;;;;;;;;;;;;;;;;;;;;;;;;;;;;;;;;;;;;/h6-10H,1-5H3;2*6-9H,5H2,1-4H3;3*4H,1-3H3;14*1-2H3;9*1H3;;;;;;;;;;;;;;;;;;;;;;;;;;;;;/q;;;;;;;;;;;;;;;;;;;;9*-1;;;;;;;;;;;;;;;;;;;;;;;;;;;;;/t;2*6-,7+,8-,9+;;;;;;;;;;;;;;;;;;;;;;;;;;;;;;;;;;;;;;;;;;;;;;;;;;;;;;;. The maximum atomic E-state index is 2.40.